The summed E-state index contributed by atoms with van der Waals surface area (Å²) >= 11 is 1.39. The van der Waals surface area contributed by atoms with Gasteiger partial charge in [0, 0.05) is 30.8 Å². The second-order valence-corrected chi connectivity index (χ2v) is 7.67. The summed E-state index contributed by atoms with van der Waals surface area (Å²) in [5.74, 6) is 0.460. The molecule has 6 nitrogen and oxygen atoms in total. The number of thiazole rings is 1. The fourth-order valence-corrected chi connectivity index (χ4v) is 4.20. The van der Waals surface area contributed by atoms with Gasteiger partial charge in [0.2, 0.25) is 0 Å². The van der Waals surface area contributed by atoms with Gasteiger partial charge in [0.05, 0.1) is 24.4 Å². The third-order valence-electron chi connectivity index (χ3n) is 4.96. The number of fused-ring (bicyclic) bond motifs is 1. The molecule has 0 saturated heterocycles. The molecule has 0 aliphatic heterocycles. The van der Waals surface area contributed by atoms with Gasteiger partial charge in [-0.2, -0.15) is 0 Å². The molecule has 1 amide bonds. The summed E-state index contributed by atoms with van der Waals surface area (Å²) in [4.78, 5) is 21.8. The maximum Gasteiger partial charge on any atom is 0.260 e. The average Bonchev–Trinajstić information content (AvgIpc) is 3.17. The van der Waals surface area contributed by atoms with E-state index in [0.717, 1.165) is 17.8 Å². The molecule has 3 rings (SSSR count). The first-order chi connectivity index (χ1) is 14.5. The van der Waals surface area contributed by atoms with Crippen LogP contribution in [0.2, 0.25) is 0 Å². The standard InChI is InChI=1S/C22H26FN3O3S/c1-5-25(6-2)10-11-26(21(27)15-8-7-9-16(23)12-15)22-24-17-13-18(28-3)19(29-4)14-20(17)30-22/h7-9,12-14H,5-6,10-11H2,1-4H3. The zero-order valence-electron chi connectivity index (χ0n) is 17.6. The number of aromatic nitrogens is 1. The highest BCUT2D eigenvalue weighted by Crippen LogP contribution is 2.37. The molecule has 0 unspecified atom stereocenters. The van der Waals surface area contributed by atoms with Gasteiger partial charge >= 0.3 is 0 Å². The lowest BCUT2D eigenvalue weighted by Gasteiger charge is -2.24. The summed E-state index contributed by atoms with van der Waals surface area (Å²) in [6.07, 6.45) is 0. The van der Waals surface area contributed by atoms with Crippen LogP contribution in [0, 0.1) is 5.82 Å². The first kappa shape index (κ1) is 22.0. The van der Waals surface area contributed by atoms with E-state index in [4.69, 9.17) is 9.47 Å². The predicted molar refractivity (Wildman–Crippen MR) is 119 cm³/mol. The molecule has 0 atom stereocenters. The summed E-state index contributed by atoms with van der Waals surface area (Å²) in [7, 11) is 3.15. The lowest BCUT2D eigenvalue weighted by Crippen LogP contribution is -2.38. The van der Waals surface area contributed by atoms with Crippen molar-refractivity contribution in [2.24, 2.45) is 0 Å². The topological polar surface area (TPSA) is 54.9 Å². The van der Waals surface area contributed by atoms with Crippen molar-refractivity contribution in [3.05, 3.63) is 47.8 Å². The molecule has 0 N–H and O–H groups in total. The quantitative estimate of drug-likeness (QED) is 0.501. The van der Waals surface area contributed by atoms with Crippen LogP contribution in [0.15, 0.2) is 36.4 Å². The number of carbonyl (C=O) groups excluding carboxylic acids is 1. The van der Waals surface area contributed by atoms with Gasteiger partial charge in [-0.25, -0.2) is 9.37 Å². The third-order valence-corrected chi connectivity index (χ3v) is 6.01. The Labute approximate surface area is 179 Å². The van der Waals surface area contributed by atoms with Crippen molar-refractivity contribution in [2.75, 3.05) is 45.3 Å². The fraction of sp³-hybridized carbons (Fsp3) is 0.364. The molecule has 0 bridgehead atoms. The highest BCUT2D eigenvalue weighted by atomic mass is 32.1. The van der Waals surface area contributed by atoms with Crippen molar-refractivity contribution in [1.29, 1.82) is 0 Å². The number of likely N-dealkylation sites (N-methyl/N-ethyl adjacent to an activating group) is 1. The number of methoxy groups -OCH3 is 2. The minimum absolute atomic E-state index is 0.278. The Bertz CT molecular complexity index is 979. The number of carbonyl (C=O) groups is 1. The molecule has 2 aromatic carbocycles. The van der Waals surface area contributed by atoms with Crippen molar-refractivity contribution in [3.63, 3.8) is 0 Å². The van der Waals surface area contributed by atoms with Crippen LogP contribution in [0.4, 0.5) is 9.52 Å². The van der Waals surface area contributed by atoms with E-state index >= 15 is 0 Å². The molecule has 160 valence electrons. The number of rotatable bonds is 9. The van der Waals surface area contributed by atoms with Gasteiger partial charge in [-0.3, -0.25) is 9.69 Å². The molecule has 30 heavy (non-hydrogen) atoms. The molecule has 1 aromatic heterocycles. The first-order valence-electron chi connectivity index (χ1n) is 9.83. The van der Waals surface area contributed by atoms with Gasteiger partial charge < -0.3 is 14.4 Å². The minimum atomic E-state index is -0.441. The summed E-state index contributed by atoms with van der Waals surface area (Å²) in [5.41, 5.74) is 1.01. The van der Waals surface area contributed by atoms with E-state index in [1.807, 2.05) is 6.07 Å². The molecule has 0 saturated carbocycles. The van der Waals surface area contributed by atoms with Crippen LogP contribution in [-0.4, -0.2) is 56.2 Å². The number of benzene rings is 2. The average molecular weight is 432 g/mol. The molecule has 8 heteroatoms. The van der Waals surface area contributed by atoms with Crippen LogP contribution in [0.5, 0.6) is 11.5 Å². The number of halogens is 1. The maximum atomic E-state index is 13.7. The van der Waals surface area contributed by atoms with Gasteiger partial charge in [0.25, 0.3) is 5.91 Å². The number of hydrogen-bond acceptors (Lipinski definition) is 6. The maximum absolute atomic E-state index is 13.7. The second kappa shape index (κ2) is 9.86. The van der Waals surface area contributed by atoms with Crippen LogP contribution < -0.4 is 14.4 Å². The molecule has 1 heterocycles. The number of anilines is 1. The monoisotopic (exact) mass is 431 g/mol. The highest BCUT2D eigenvalue weighted by molar-refractivity contribution is 7.22. The van der Waals surface area contributed by atoms with Crippen molar-refractivity contribution in [3.8, 4) is 11.5 Å². The van der Waals surface area contributed by atoms with Crippen LogP contribution in [0.25, 0.3) is 10.2 Å². The van der Waals surface area contributed by atoms with Crippen LogP contribution >= 0.6 is 11.3 Å². The highest BCUT2D eigenvalue weighted by Gasteiger charge is 2.23. The summed E-state index contributed by atoms with van der Waals surface area (Å²) in [6.45, 7) is 7.07. The number of ether oxygens (including phenoxy) is 2. The second-order valence-electron chi connectivity index (χ2n) is 6.67. The van der Waals surface area contributed by atoms with E-state index in [1.165, 1.54) is 23.5 Å². The Morgan fingerprint density at radius 3 is 2.40 bits per heavy atom. The largest absolute Gasteiger partial charge is 0.493 e. The lowest BCUT2D eigenvalue weighted by molar-refractivity contribution is 0.0983. The van der Waals surface area contributed by atoms with E-state index in [1.54, 1.807) is 37.3 Å². The molecular formula is C22H26FN3O3S. The first-order valence-corrected chi connectivity index (χ1v) is 10.6. The van der Waals surface area contributed by atoms with Crippen molar-refractivity contribution >= 4 is 32.6 Å². The molecule has 0 radical (unpaired) electrons. The van der Waals surface area contributed by atoms with Gasteiger partial charge in [-0.15, -0.1) is 0 Å². The molecule has 0 fully saturated rings. The Balaban J connectivity index is 2.01. The van der Waals surface area contributed by atoms with Crippen LogP contribution in [0.3, 0.4) is 0 Å². The zero-order chi connectivity index (χ0) is 21.7. The molecule has 0 spiro atoms. The number of amides is 1. The summed E-state index contributed by atoms with van der Waals surface area (Å²) in [5, 5.41) is 0.557. The van der Waals surface area contributed by atoms with Gasteiger partial charge in [-0.05, 0) is 31.3 Å². The fourth-order valence-electron chi connectivity index (χ4n) is 3.20. The van der Waals surface area contributed by atoms with Crippen LogP contribution in [0.1, 0.15) is 24.2 Å². The normalized spacial score (nSPS) is 11.1. The predicted octanol–water partition coefficient (Wildman–Crippen LogP) is 4.44. The Morgan fingerprint density at radius 1 is 1.07 bits per heavy atom. The van der Waals surface area contributed by atoms with Crippen molar-refractivity contribution < 1.29 is 18.7 Å². The van der Waals surface area contributed by atoms with E-state index in [-0.39, 0.29) is 5.91 Å². The Morgan fingerprint density at radius 2 is 1.77 bits per heavy atom. The van der Waals surface area contributed by atoms with E-state index in [0.29, 0.717) is 40.8 Å². The van der Waals surface area contributed by atoms with Gasteiger partial charge in [0.1, 0.15) is 5.82 Å². The molecule has 3 aromatic rings. The van der Waals surface area contributed by atoms with Crippen LogP contribution in [-0.2, 0) is 0 Å². The van der Waals surface area contributed by atoms with Gasteiger partial charge in [-0.1, -0.05) is 31.3 Å². The molecule has 0 aliphatic carbocycles. The zero-order valence-corrected chi connectivity index (χ0v) is 18.5. The molecule has 0 aliphatic rings. The number of hydrogen-bond donors (Lipinski definition) is 0. The minimum Gasteiger partial charge on any atom is -0.493 e. The summed E-state index contributed by atoms with van der Waals surface area (Å²) in [6, 6.07) is 9.39. The van der Waals surface area contributed by atoms with Crippen molar-refractivity contribution in [1.82, 2.24) is 9.88 Å². The van der Waals surface area contributed by atoms with Gasteiger partial charge in [0.15, 0.2) is 16.6 Å². The molecular weight excluding hydrogens is 405 g/mol. The van der Waals surface area contributed by atoms with Crippen molar-refractivity contribution in [2.45, 2.75) is 13.8 Å². The SMILES string of the molecule is CCN(CC)CCN(C(=O)c1cccc(F)c1)c1nc2cc(OC)c(OC)cc2s1. The smallest absolute Gasteiger partial charge is 0.260 e. The third kappa shape index (κ3) is 4.71. The van der Waals surface area contributed by atoms with E-state index in [2.05, 4.69) is 23.7 Å². The summed E-state index contributed by atoms with van der Waals surface area (Å²) < 4.78 is 25.3. The lowest BCUT2D eigenvalue weighted by atomic mass is 10.2. The number of nitrogens with zero attached hydrogens (tertiary/aromatic N) is 3. The van der Waals surface area contributed by atoms with E-state index < -0.39 is 5.82 Å². The Kier molecular flexibility index (Phi) is 7.23. The van der Waals surface area contributed by atoms with E-state index in [9.17, 15) is 9.18 Å². The Hall–Kier alpha value is -2.71.